The largest absolute Gasteiger partial charge is 0.494 e. The van der Waals surface area contributed by atoms with Gasteiger partial charge >= 0.3 is 0 Å². The lowest BCUT2D eigenvalue weighted by atomic mass is 9.80. The maximum absolute atomic E-state index is 6.00. The number of hydrogen-bond donors (Lipinski definition) is 1. The highest BCUT2D eigenvalue weighted by Crippen LogP contribution is 2.40. The van der Waals surface area contributed by atoms with E-state index in [9.17, 15) is 0 Å². The standard InChI is InChI=1S/C18H29NO2/c1-6-11-20-16-9-7-15(8-10-16)18(19-5)17-12(2)13(3)21-14(17)4/h7-10,12-14,17-19H,6,11H2,1-5H3. The van der Waals surface area contributed by atoms with Gasteiger partial charge in [-0.15, -0.1) is 0 Å². The third-order valence-corrected chi connectivity index (χ3v) is 4.73. The van der Waals surface area contributed by atoms with Crippen LogP contribution in [0, 0.1) is 11.8 Å². The van der Waals surface area contributed by atoms with Crippen LogP contribution in [0.5, 0.6) is 5.75 Å². The predicted octanol–water partition coefficient (Wildman–Crippen LogP) is 3.80. The summed E-state index contributed by atoms with van der Waals surface area (Å²) in [5, 5.41) is 3.48. The molecule has 5 atom stereocenters. The first-order chi connectivity index (χ1) is 10.1. The van der Waals surface area contributed by atoms with Crippen LogP contribution in [0.3, 0.4) is 0 Å². The van der Waals surface area contributed by atoms with Crippen molar-refractivity contribution in [3.63, 3.8) is 0 Å². The lowest BCUT2D eigenvalue weighted by Crippen LogP contribution is -2.33. The van der Waals surface area contributed by atoms with Crippen LogP contribution < -0.4 is 10.1 Å². The van der Waals surface area contributed by atoms with Crippen LogP contribution >= 0.6 is 0 Å². The molecule has 1 saturated heterocycles. The molecule has 0 spiro atoms. The summed E-state index contributed by atoms with van der Waals surface area (Å²) >= 11 is 0. The molecule has 0 saturated carbocycles. The zero-order chi connectivity index (χ0) is 15.4. The molecule has 0 aliphatic carbocycles. The lowest BCUT2D eigenvalue weighted by Gasteiger charge is -2.29. The zero-order valence-corrected chi connectivity index (χ0v) is 13.9. The molecular weight excluding hydrogens is 262 g/mol. The van der Waals surface area contributed by atoms with E-state index in [2.05, 4.69) is 57.3 Å². The van der Waals surface area contributed by atoms with Crippen molar-refractivity contribution in [2.24, 2.45) is 11.8 Å². The molecule has 21 heavy (non-hydrogen) atoms. The van der Waals surface area contributed by atoms with Gasteiger partial charge in [-0.1, -0.05) is 26.0 Å². The summed E-state index contributed by atoms with van der Waals surface area (Å²) in [7, 11) is 2.04. The van der Waals surface area contributed by atoms with Crippen molar-refractivity contribution < 1.29 is 9.47 Å². The first-order valence-corrected chi connectivity index (χ1v) is 8.14. The van der Waals surface area contributed by atoms with E-state index in [1.54, 1.807) is 0 Å². The monoisotopic (exact) mass is 291 g/mol. The van der Waals surface area contributed by atoms with Gasteiger partial charge in [0.2, 0.25) is 0 Å². The van der Waals surface area contributed by atoms with Gasteiger partial charge in [0.05, 0.1) is 18.8 Å². The molecule has 1 aliphatic heterocycles. The molecule has 1 N–H and O–H groups in total. The van der Waals surface area contributed by atoms with Gasteiger partial charge < -0.3 is 14.8 Å². The second kappa shape index (κ2) is 7.28. The minimum Gasteiger partial charge on any atom is -0.494 e. The van der Waals surface area contributed by atoms with Crippen LogP contribution in [0.4, 0.5) is 0 Å². The van der Waals surface area contributed by atoms with Crippen LogP contribution in [-0.4, -0.2) is 25.9 Å². The summed E-state index contributed by atoms with van der Waals surface area (Å²) in [4.78, 5) is 0. The summed E-state index contributed by atoms with van der Waals surface area (Å²) < 4.78 is 11.7. The van der Waals surface area contributed by atoms with Crippen LogP contribution in [0.1, 0.15) is 45.7 Å². The molecule has 2 rings (SSSR count). The van der Waals surface area contributed by atoms with Crippen molar-refractivity contribution in [1.82, 2.24) is 5.32 Å². The number of nitrogens with one attached hydrogen (secondary N) is 1. The van der Waals surface area contributed by atoms with Gasteiger partial charge in [0.15, 0.2) is 0 Å². The van der Waals surface area contributed by atoms with E-state index >= 15 is 0 Å². The zero-order valence-electron chi connectivity index (χ0n) is 13.9. The first-order valence-electron chi connectivity index (χ1n) is 8.14. The average Bonchev–Trinajstić information content (AvgIpc) is 2.74. The summed E-state index contributed by atoms with van der Waals surface area (Å²) in [5.74, 6) is 1.99. The van der Waals surface area contributed by atoms with E-state index in [-0.39, 0.29) is 6.10 Å². The summed E-state index contributed by atoms with van der Waals surface area (Å²) in [6.45, 7) is 9.55. The third-order valence-electron chi connectivity index (χ3n) is 4.73. The molecule has 0 amide bonds. The van der Waals surface area contributed by atoms with E-state index in [1.165, 1.54) is 5.56 Å². The van der Waals surface area contributed by atoms with E-state index in [0.717, 1.165) is 18.8 Å². The van der Waals surface area contributed by atoms with Crippen LogP contribution in [-0.2, 0) is 4.74 Å². The molecule has 0 aromatic heterocycles. The highest BCUT2D eigenvalue weighted by atomic mass is 16.5. The van der Waals surface area contributed by atoms with Gasteiger partial charge in [0, 0.05) is 12.0 Å². The molecular formula is C18H29NO2. The van der Waals surface area contributed by atoms with Crippen LogP contribution in [0.2, 0.25) is 0 Å². The topological polar surface area (TPSA) is 30.5 Å². The minimum absolute atomic E-state index is 0.281. The maximum atomic E-state index is 6.00. The third kappa shape index (κ3) is 3.58. The number of ether oxygens (including phenoxy) is 2. The number of rotatable bonds is 6. The summed E-state index contributed by atoms with van der Waals surface area (Å²) in [5.41, 5.74) is 1.31. The first kappa shape index (κ1) is 16.3. The van der Waals surface area contributed by atoms with Crippen LogP contribution in [0.15, 0.2) is 24.3 Å². The Labute approximate surface area is 129 Å². The molecule has 1 aliphatic rings. The molecule has 0 radical (unpaired) electrons. The fourth-order valence-corrected chi connectivity index (χ4v) is 3.44. The highest BCUT2D eigenvalue weighted by molar-refractivity contribution is 5.30. The molecule has 1 aromatic rings. The lowest BCUT2D eigenvalue weighted by molar-refractivity contribution is 0.0478. The Hall–Kier alpha value is -1.06. The van der Waals surface area contributed by atoms with Crippen molar-refractivity contribution >= 4 is 0 Å². The van der Waals surface area contributed by atoms with Gasteiger partial charge in [-0.2, -0.15) is 0 Å². The van der Waals surface area contributed by atoms with Crippen molar-refractivity contribution in [3.05, 3.63) is 29.8 Å². The van der Waals surface area contributed by atoms with Crippen molar-refractivity contribution in [1.29, 1.82) is 0 Å². The quantitative estimate of drug-likeness (QED) is 0.865. The van der Waals surface area contributed by atoms with E-state index in [0.29, 0.717) is 24.0 Å². The van der Waals surface area contributed by atoms with Gasteiger partial charge in [0.1, 0.15) is 5.75 Å². The highest BCUT2D eigenvalue weighted by Gasteiger charge is 2.41. The maximum Gasteiger partial charge on any atom is 0.119 e. The molecule has 5 unspecified atom stereocenters. The van der Waals surface area contributed by atoms with Gasteiger partial charge in [-0.25, -0.2) is 0 Å². The Balaban J connectivity index is 2.13. The van der Waals surface area contributed by atoms with Crippen molar-refractivity contribution in [2.75, 3.05) is 13.7 Å². The second-order valence-corrected chi connectivity index (χ2v) is 6.17. The fraction of sp³-hybridized carbons (Fsp3) is 0.667. The van der Waals surface area contributed by atoms with Gasteiger partial charge in [-0.05, 0) is 50.9 Å². The average molecular weight is 291 g/mol. The number of benzene rings is 1. The Bertz CT molecular complexity index is 431. The number of hydrogen-bond acceptors (Lipinski definition) is 3. The SMILES string of the molecule is CCCOc1ccc(C(NC)C2C(C)OC(C)C2C)cc1. The van der Waals surface area contributed by atoms with Crippen molar-refractivity contribution in [2.45, 2.75) is 52.4 Å². The summed E-state index contributed by atoms with van der Waals surface area (Å²) in [6, 6.07) is 8.82. The molecule has 0 bridgehead atoms. The van der Waals surface area contributed by atoms with E-state index < -0.39 is 0 Å². The molecule has 1 aromatic carbocycles. The Kier molecular flexibility index (Phi) is 5.65. The molecule has 1 fully saturated rings. The second-order valence-electron chi connectivity index (χ2n) is 6.17. The van der Waals surface area contributed by atoms with Gasteiger partial charge in [0.25, 0.3) is 0 Å². The predicted molar refractivity (Wildman–Crippen MR) is 86.7 cm³/mol. The minimum atomic E-state index is 0.281. The van der Waals surface area contributed by atoms with Crippen molar-refractivity contribution in [3.8, 4) is 5.75 Å². The summed E-state index contributed by atoms with van der Waals surface area (Å²) in [6.07, 6.45) is 1.64. The Morgan fingerprint density at radius 2 is 1.81 bits per heavy atom. The van der Waals surface area contributed by atoms with Gasteiger partial charge in [-0.3, -0.25) is 0 Å². The van der Waals surface area contributed by atoms with Crippen LogP contribution in [0.25, 0.3) is 0 Å². The molecule has 3 nitrogen and oxygen atoms in total. The van der Waals surface area contributed by atoms with E-state index in [4.69, 9.17) is 9.47 Å². The Morgan fingerprint density at radius 1 is 1.14 bits per heavy atom. The smallest absolute Gasteiger partial charge is 0.119 e. The molecule has 1 heterocycles. The fourth-order valence-electron chi connectivity index (χ4n) is 3.44. The Morgan fingerprint density at radius 3 is 2.29 bits per heavy atom. The van der Waals surface area contributed by atoms with E-state index in [1.807, 2.05) is 7.05 Å². The molecule has 3 heteroatoms. The molecule has 118 valence electrons. The normalized spacial score (nSPS) is 30.3.